The van der Waals surface area contributed by atoms with Crippen molar-refractivity contribution in [2.24, 2.45) is 0 Å². The highest BCUT2D eigenvalue weighted by atomic mass is 19.1. The topological polar surface area (TPSA) is 92.1 Å². The third kappa shape index (κ3) is 4.93. The van der Waals surface area contributed by atoms with Crippen molar-refractivity contribution in [3.8, 4) is 11.3 Å². The lowest BCUT2D eigenvalue weighted by Gasteiger charge is -2.34. The lowest BCUT2D eigenvalue weighted by atomic mass is 10.1. The number of fused-ring (bicyclic) bond motifs is 1. The van der Waals surface area contributed by atoms with Gasteiger partial charge in [-0.15, -0.1) is 0 Å². The van der Waals surface area contributed by atoms with Crippen LogP contribution in [0.2, 0.25) is 0 Å². The highest BCUT2D eigenvalue weighted by Gasteiger charge is 2.22. The predicted octanol–water partition coefficient (Wildman–Crippen LogP) is 4.58. The van der Waals surface area contributed by atoms with Gasteiger partial charge in [0.1, 0.15) is 22.9 Å². The number of halogens is 2. The number of pyridine rings is 1. The summed E-state index contributed by atoms with van der Waals surface area (Å²) in [5, 5.41) is 2.95. The minimum absolute atomic E-state index is 0.0405. The van der Waals surface area contributed by atoms with Gasteiger partial charge >= 0.3 is 0 Å². The molecule has 4 aromatic rings. The Morgan fingerprint density at radius 3 is 2.53 bits per heavy atom. The van der Waals surface area contributed by atoms with E-state index in [1.807, 2.05) is 30.2 Å². The Balaban J connectivity index is 1.42. The van der Waals surface area contributed by atoms with Gasteiger partial charge < -0.3 is 19.7 Å². The van der Waals surface area contributed by atoms with Gasteiger partial charge in [-0.3, -0.25) is 4.79 Å². The number of amides is 1. The van der Waals surface area contributed by atoms with Gasteiger partial charge in [-0.05, 0) is 51.6 Å². The lowest BCUT2D eigenvalue weighted by molar-refractivity contribution is 0.0643. The smallest absolute Gasteiger partial charge is 0.254 e. The Morgan fingerprint density at radius 2 is 1.82 bits per heavy atom. The van der Waals surface area contributed by atoms with E-state index >= 15 is 0 Å². The van der Waals surface area contributed by atoms with Crippen LogP contribution in [0.3, 0.4) is 0 Å². The third-order valence-corrected chi connectivity index (χ3v) is 6.81. The molecule has 0 atom stereocenters. The Kier molecular flexibility index (Phi) is 7.02. The lowest BCUT2D eigenvalue weighted by Crippen LogP contribution is -2.48. The molecule has 5 rings (SSSR count). The van der Waals surface area contributed by atoms with Crippen molar-refractivity contribution in [1.82, 2.24) is 34.3 Å². The molecule has 1 aromatic carbocycles. The van der Waals surface area contributed by atoms with Crippen LogP contribution in [0, 0.1) is 18.6 Å². The van der Waals surface area contributed by atoms with Crippen LogP contribution in [-0.4, -0.2) is 72.9 Å². The van der Waals surface area contributed by atoms with E-state index < -0.39 is 11.6 Å². The van der Waals surface area contributed by atoms with E-state index in [0.717, 1.165) is 25.8 Å². The van der Waals surface area contributed by atoms with Crippen molar-refractivity contribution in [2.45, 2.75) is 33.7 Å². The molecule has 1 amide bonds. The molecule has 1 fully saturated rings. The van der Waals surface area contributed by atoms with E-state index in [1.54, 1.807) is 18.2 Å². The van der Waals surface area contributed by atoms with E-state index in [-0.39, 0.29) is 34.7 Å². The minimum atomic E-state index is -0.690. The molecule has 1 aliphatic heterocycles. The van der Waals surface area contributed by atoms with Gasteiger partial charge in [-0.1, -0.05) is 6.92 Å². The third-order valence-electron chi connectivity index (χ3n) is 6.81. The van der Waals surface area contributed by atoms with E-state index in [0.29, 0.717) is 35.8 Å². The number of rotatable bonds is 6. The highest BCUT2D eigenvalue weighted by Crippen LogP contribution is 2.30. The largest absolute Gasteiger partial charge is 0.336 e. The van der Waals surface area contributed by atoms with Crippen LogP contribution in [0.25, 0.3) is 22.3 Å². The zero-order chi connectivity index (χ0) is 27.0. The number of anilines is 2. The zero-order valence-electron chi connectivity index (χ0n) is 21.9. The summed E-state index contributed by atoms with van der Waals surface area (Å²) in [6, 6.07) is 6.23. The van der Waals surface area contributed by atoms with Gasteiger partial charge in [-0.25, -0.2) is 28.7 Å². The monoisotopic (exact) mass is 520 g/mol. The number of aromatic nitrogens is 5. The van der Waals surface area contributed by atoms with Gasteiger partial charge in [0, 0.05) is 49.5 Å². The molecule has 0 unspecified atom stereocenters. The number of nitrogens with one attached hydrogen (secondary N) is 1. The molecule has 0 radical (unpaired) electrons. The Hall–Kier alpha value is -3.99. The number of nitrogens with zero attached hydrogens (tertiary/aromatic N) is 7. The molecular weight excluding hydrogens is 490 g/mol. The summed E-state index contributed by atoms with van der Waals surface area (Å²) >= 11 is 0. The fraction of sp³-hybridized carbons (Fsp3) is 0.370. The Morgan fingerprint density at radius 1 is 1.05 bits per heavy atom. The normalized spacial score (nSPS) is 14.4. The molecule has 1 N–H and O–H groups in total. The standard InChI is InChI=1S/C27H30F2N8O/c1-5-35-8-10-36(11-9-35)26(38)18-6-7-30-23(14-18)33-27-31-15-21(29)24(34-27)19-12-20(28)25-22(13-19)37(16(2)3)17(4)32-25/h6-7,12-16H,5,8-11H2,1-4H3,(H,30,31,33,34). The molecule has 9 nitrogen and oxygen atoms in total. The molecule has 0 saturated carbocycles. The average Bonchev–Trinajstić information content (AvgIpc) is 3.26. The number of benzene rings is 1. The molecule has 1 saturated heterocycles. The van der Waals surface area contributed by atoms with Gasteiger partial charge in [0.25, 0.3) is 5.91 Å². The van der Waals surface area contributed by atoms with E-state index in [9.17, 15) is 13.6 Å². The fourth-order valence-electron chi connectivity index (χ4n) is 4.88. The van der Waals surface area contributed by atoms with E-state index in [1.165, 1.54) is 12.3 Å². The summed E-state index contributed by atoms with van der Waals surface area (Å²) < 4.78 is 31.7. The van der Waals surface area contributed by atoms with Crippen molar-refractivity contribution in [3.63, 3.8) is 0 Å². The first kappa shape index (κ1) is 25.7. The number of likely N-dealkylation sites (N-methyl/N-ethyl adjacent to an activating group) is 1. The first-order chi connectivity index (χ1) is 18.2. The van der Waals surface area contributed by atoms with Gasteiger partial charge in [0.2, 0.25) is 5.95 Å². The second-order valence-corrected chi connectivity index (χ2v) is 9.62. The first-order valence-corrected chi connectivity index (χ1v) is 12.7. The number of hydrogen-bond acceptors (Lipinski definition) is 7. The van der Waals surface area contributed by atoms with Crippen molar-refractivity contribution in [1.29, 1.82) is 0 Å². The van der Waals surface area contributed by atoms with Gasteiger partial charge in [0.05, 0.1) is 11.7 Å². The molecule has 0 spiro atoms. The quantitative estimate of drug-likeness (QED) is 0.398. The van der Waals surface area contributed by atoms with Crippen LogP contribution in [0.15, 0.2) is 36.7 Å². The summed E-state index contributed by atoms with van der Waals surface area (Å²) in [6.07, 6.45) is 2.56. The maximum atomic E-state index is 15.0. The summed E-state index contributed by atoms with van der Waals surface area (Å²) in [5.41, 5.74) is 1.49. The highest BCUT2D eigenvalue weighted by molar-refractivity contribution is 5.95. The maximum absolute atomic E-state index is 15.0. The molecule has 4 heterocycles. The number of piperazine rings is 1. The van der Waals surface area contributed by atoms with Gasteiger partial charge in [0.15, 0.2) is 11.6 Å². The number of carbonyl (C=O) groups is 1. The predicted molar refractivity (Wildman–Crippen MR) is 141 cm³/mol. The van der Waals surface area contributed by atoms with Crippen LogP contribution < -0.4 is 5.32 Å². The first-order valence-electron chi connectivity index (χ1n) is 12.7. The fourth-order valence-corrected chi connectivity index (χ4v) is 4.88. The molecule has 38 heavy (non-hydrogen) atoms. The summed E-state index contributed by atoms with van der Waals surface area (Å²) in [7, 11) is 0. The molecule has 0 bridgehead atoms. The second kappa shape index (κ2) is 10.4. The summed E-state index contributed by atoms with van der Waals surface area (Å²) in [4.78, 5) is 34.1. The van der Waals surface area contributed by atoms with E-state index in [4.69, 9.17) is 0 Å². The molecule has 3 aromatic heterocycles. The Bertz CT molecular complexity index is 1490. The molecule has 11 heteroatoms. The molecule has 0 aliphatic carbocycles. The van der Waals surface area contributed by atoms with Crippen LogP contribution >= 0.6 is 0 Å². The number of imidazole rings is 1. The summed E-state index contributed by atoms with van der Waals surface area (Å²) in [5.74, 6) is -0.234. The SMILES string of the molecule is CCN1CCN(C(=O)c2ccnc(Nc3ncc(F)c(-c4cc(F)c5nc(C)n(C(C)C)c5c4)n3)c2)CC1. The van der Waals surface area contributed by atoms with E-state index in [2.05, 4.69) is 37.1 Å². The molecule has 198 valence electrons. The zero-order valence-corrected chi connectivity index (χ0v) is 21.9. The Labute approximate surface area is 219 Å². The van der Waals surface area contributed by atoms with Crippen molar-refractivity contribution >= 4 is 28.7 Å². The van der Waals surface area contributed by atoms with Crippen molar-refractivity contribution in [3.05, 3.63) is 59.7 Å². The van der Waals surface area contributed by atoms with Crippen molar-refractivity contribution < 1.29 is 13.6 Å². The van der Waals surface area contributed by atoms with Gasteiger partial charge in [-0.2, -0.15) is 0 Å². The second-order valence-electron chi connectivity index (χ2n) is 9.62. The van der Waals surface area contributed by atoms with Crippen LogP contribution in [0.5, 0.6) is 0 Å². The summed E-state index contributed by atoms with van der Waals surface area (Å²) in [6.45, 7) is 11.8. The average molecular weight is 521 g/mol. The number of hydrogen-bond donors (Lipinski definition) is 1. The number of carbonyl (C=O) groups excluding carboxylic acids is 1. The molecular formula is C27H30F2N8O. The van der Waals surface area contributed by atoms with Crippen LogP contribution in [0.4, 0.5) is 20.5 Å². The number of aryl methyl sites for hydroxylation is 1. The van der Waals surface area contributed by atoms with Crippen LogP contribution in [0.1, 0.15) is 43.0 Å². The minimum Gasteiger partial charge on any atom is -0.336 e. The molecule has 1 aliphatic rings. The van der Waals surface area contributed by atoms with Crippen molar-refractivity contribution in [2.75, 3.05) is 38.0 Å². The maximum Gasteiger partial charge on any atom is 0.254 e. The van der Waals surface area contributed by atoms with Crippen LogP contribution in [-0.2, 0) is 0 Å².